The van der Waals surface area contributed by atoms with E-state index in [-0.39, 0.29) is 5.82 Å². The van der Waals surface area contributed by atoms with E-state index in [1.54, 1.807) is 18.5 Å². The van der Waals surface area contributed by atoms with Gasteiger partial charge in [0.1, 0.15) is 17.3 Å². The highest BCUT2D eigenvalue weighted by atomic mass is 79.9. The van der Waals surface area contributed by atoms with E-state index in [1.807, 2.05) is 13.1 Å². The van der Waals surface area contributed by atoms with E-state index in [0.717, 1.165) is 5.56 Å². The smallest absolute Gasteiger partial charge is 0.146 e. The molecule has 0 amide bonds. The highest BCUT2D eigenvalue weighted by molar-refractivity contribution is 9.10. The van der Waals surface area contributed by atoms with Crippen LogP contribution in [0.3, 0.4) is 0 Å². The summed E-state index contributed by atoms with van der Waals surface area (Å²) in [4.78, 5) is 4.08. The third-order valence-electron chi connectivity index (χ3n) is 2.27. The van der Waals surface area contributed by atoms with Gasteiger partial charge in [0.15, 0.2) is 0 Å². The molecular weight excluding hydrogens is 299 g/mol. The van der Waals surface area contributed by atoms with Crippen LogP contribution in [-0.2, 0) is 6.54 Å². The molecule has 18 heavy (non-hydrogen) atoms. The predicted octanol–water partition coefficient (Wildman–Crippen LogP) is 3.49. The molecule has 0 radical (unpaired) electrons. The van der Waals surface area contributed by atoms with Crippen LogP contribution in [0.25, 0.3) is 0 Å². The number of hydrogen-bond acceptors (Lipinski definition) is 3. The van der Waals surface area contributed by atoms with Gasteiger partial charge in [-0.15, -0.1) is 0 Å². The maximum Gasteiger partial charge on any atom is 0.146 e. The van der Waals surface area contributed by atoms with Crippen LogP contribution in [0.4, 0.5) is 4.39 Å². The van der Waals surface area contributed by atoms with Gasteiger partial charge in [-0.3, -0.25) is 4.98 Å². The monoisotopic (exact) mass is 310 g/mol. The van der Waals surface area contributed by atoms with Crippen molar-refractivity contribution in [2.45, 2.75) is 6.54 Å². The molecule has 0 aliphatic carbocycles. The lowest BCUT2D eigenvalue weighted by molar-refractivity contribution is 0.470. The van der Waals surface area contributed by atoms with E-state index in [4.69, 9.17) is 4.74 Å². The first kappa shape index (κ1) is 13.0. The molecule has 1 heterocycles. The average Bonchev–Trinajstić information content (AvgIpc) is 2.35. The SMILES string of the molecule is CNCc1cncc(Oc2cc(F)ccc2Br)c1. The number of ether oxygens (including phenoxy) is 1. The van der Waals surface area contributed by atoms with Gasteiger partial charge in [-0.2, -0.15) is 0 Å². The van der Waals surface area contributed by atoms with E-state index in [9.17, 15) is 4.39 Å². The molecule has 0 bridgehead atoms. The Balaban J connectivity index is 2.22. The maximum absolute atomic E-state index is 13.1. The minimum atomic E-state index is -0.340. The summed E-state index contributed by atoms with van der Waals surface area (Å²) < 4.78 is 19.4. The molecule has 0 atom stereocenters. The Labute approximate surface area is 113 Å². The van der Waals surface area contributed by atoms with Crippen molar-refractivity contribution >= 4 is 15.9 Å². The fraction of sp³-hybridized carbons (Fsp3) is 0.154. The minimum absolute atomic E-state index is 0.340. The van der Waals surface area contributed by atoms with Gasteiger partial charge in [-0.05, 0) is 46.7 Å². The molecule has 0 saturated heterocycles. The number of aromatic nitrogens is 1. The minimum Gasteiger partial charge on any atom is -0.454 e. The van der Waals surface area contributed by atoms with Crippen LogP contribution in [0.5, 0.6) is 11.5 Å². The molecule has 0 fully saturated rings. The Kier molecular flexibility index (Phi) is 4.28. The maximum atomic E-state index is 13.1. The van der Waals surface area contributed by atoms with Crippen molar-refractivity contribution in [2.75, 3.05) is 7.05 Å². The summed E-state index contributed by atoms with van der Waals surface area (Å²) in [5.41, 5.74) is 1.00. The van der Waals surface area contributed by atoms with Gasteiger partial charge in [0.2, 0.25) is 0 Å². The van der Waals surface area contributed by atoms with Crippen LogP contribution >= 0.6 is 15.9 Å². The molecule has 0 aliphatic rings. The van der Waals surface area contributed by atoms with Gasteiger partial charge >= 0.3 is 0 Å². The summed E-state index contributed by atoms with van der Waals surface area (Å²) in [5, 5.41) is 3.03. The Morgan fingerprint density at radius 2 is 2.17 bits per heavy atom. The van der Waals surface area contributed by atoms with Crippen molar-refractivity contribution < 1.29 is 9.13 Å². The lowest BCUT2D eigenvalue weighted by atomic mass is 10.3. The standard InChI is InChI=1S/C13H12BrFN2O/c1-16-6-9-4-11(8-17-7-9)18-13-5-10(15)2-3-12(13)14/h2-5,7-8,16H,6H2,1H3. The van der Waals surface area contributed by atoms with Crippen molar-refractivity contribution in [3.8, 4) is 11.5 Å². The zero-order valence-electron chi connectivity index (χ0n) is 9.78. The van der Waals surface area contributed by atoms with Crippen molar-refractivity contribution in [3.05, 3.63) is 52.5 Å². The molecule has 5 heteroatoms. The lowest BCUT2D eigenvalue weighted by Gasteiger charge is -2.08. The number of pyridine rings is 1. The van der Waals surface area contributed by atoms with Crippen LogP contribution in [-0.4, -0.2) is 12.0 Å². The lowest BCUT2D eigenvalue weighted by Crippen LogP contribution is -2.05. The van der Waals surface area contributed by atoms with Crippen LogP contribution in [0, 0.1) is 5.82 Å². The molecule has 0 unspecified atom stereocenters. The van der Waals surface area contributed by atoms with E-state index in [1.165, 1.54) is 12.1 Å². The summed E-state index contributed by atoms with van der Waals surface area (Å²) in [6, 6.07) is 6.16. The second kappa shape index (κ2) is 5.93. The van der Waals surface area contributed by atoms with Gasteiger partial charge in [0, 0.05) is 18.8 Å². The molecule has 1 aromatic carbocycles. The van der Waals surface area contributed by atoms with Gasteiger partial charge < -0.3 is 10.1 Å². The number of halogens is 2. The van der Waals surface area contributed by atoms with Gasteiger partial charge in [-0.25, -0.2) is 4.39 Å². The molecule has 3 nitrogen and oxygen atoms in total. The van der Waals surface area contributed by atoms with E-state index < -0.39 is 0 Å². The van der Waals surface area contributed by atoms with Crippen molar-refractivity contribution in [3.63, 3.8) is 0 Å². The molecule has 2 aromatic rings. The largest absolute Gasteiger partial charge is 0.454 e. The van der Waals surface area contributed by atoms with Crippen LogP contribution in [0.15, 0.2) is 41.1 Å². The summed E-state index contributed by atoms with van der Waals surface area (Å²) >= 11 is 3.31. The van der Waals surface area contributed by atoms with Gasteiger partial charge in [0.25, 0.3) is 0 Å². The first-order valence-electron chi connectivity index (χ1n) is 5.40. The summed E-state index contributed by atoms with van der Waals surface area (Å²) in [6.45, 7) is 0.703. The van der Waals surface area contributed by atoms with Crippen LogP contribution in [0.2, 0.25) is 0 Å². The number of benzene rings is 1. The second-order valence-corrected chi connectivity index (χ2v) is 4.59. The molecule has 0 aliphatic heterocycles. The van der Waals surface area contributed by atoms with E-state index in [0.29, 0.717) is 22.5 Å². The fourth-order valence-electron chi connectivity index (χ4n) is 1.50. The van der Waals surface area contributed by atoms with E-state index >= 15 is 0 Å². The number of hydrogen-bond donors (Lipinski definition) is 1. The van der Waals surface area contributed by atoms with E-state index in [2.05, 4.69) is 26.2 Å². The van der Waals surface area contributed by atoms with Crippen LogP contribution in [0.1, 0.15) is 5.56 Å². The number of nitrogens with one attached hydrogen (secondary N) is 1. The summed E-state index contributed by atoms with van der Waals surface area (Å²) in [5.74, 6) is 0.667. The molecule has 94 valence electrons. The Morgan fingerprint density at radius 3 is 2.94 bits per heavy atom. The fourth-order valence-corrected chi connectivity index (χ4v) is 1.83. The Morgan fingerprint density at radius 1 is 1.33 bits per heavy atom. The van der Waals surface area contributed by atoms with Crippen molar-refractivity contribution in [2.24, 2.45) is 0 Å². The van der Waals surface area contributed by atoms with Crippen LogP contribution < -0.4 is 10.1 Å². The molecule has 2 rings (SSSR count). The quantitative estimate of drug-likeness (QED) is 0.938. The number of nitrogens with zero attached hydrogens (tertiary/aromatic N) is 1. The predicted molar refractivity (Wildman–Crippen MR) is 71.2 cm³/mol. The third kappa shape index (κ3) is 3.27. The molecule has 1 aromatic heterocycles. The topological polar surface area (TPSA) is 34.2 Å². The van der Waals surface area contributed by atoms with Gasteiger partial charge in [0.05, 0.1) is 10.7 Å². The highest BCUT2D eigenvalue weighted by Crippen LogP contribution is 2.30. The summed E-state index contributed by atoms with van der Waals surface area (Å²) in [6.07, 6.45) is 3.35. The van der Waals surface area contributed by atoms with Gasteiger partial charge in [-0.1, -0.05) is 0 Å². The number of rotatable bonds is 4. The molecular formula is C13H12BrFN2O. The second-order valence-electron chi connectivity index (χ2n) is 3.74. The Bertz CT molecular complexity index is 548. The zero-order valence-corrected chi connectivity index (χ0v) is 11.4. The summed E-state index contributed by atoms with van der Waals surface area (Å²) in [7, 11) is 1.86. The highest BCUT2D eigenvalue weighted by Gasteiger charge is 2.05. The van der Waals surface area contributed by atoms with Crippen molar-refractivity contribution in [1.29, 1.82) is 0 Å². The van der Waals surface area contributed by atoms with Crippen molar-refractivity contribution in [1.82, 2.24) is 10.3 Å². The molecule has 0 saturated carbocycles. The first-order valence-corrected chi connectivity index (χ1v) is 6.20. The Hall–Kier alpha value is -1.46. The molecule has 0 spiro atoms. The third-order valence-corrected chi connectivity index (χ3v) is 2.93. The zero-order chi connectivity index (χ0) is 13.0. The average molecular weight is 311 g/mol. The molecule has 1 N–H and O–H groups in total. The normalized spacial score (nSPS) is 10.4. The first-order chi connectivity index (χ1) is 8.69.